The molecule has 0 radical (unpaired) electrons. The summed E-state index contributed by atoms with van der Waals surface area (Å²) < 4.78 is 27.8. The average molecular weight is 305 g/mol. The van der Waals surface area contributed by atoms with E-state index in [0.29, 0.717) is 32.6 Å². The number of rotatable bonds is 6. The van der Waals surface area contributed by atoms with Crippen molar-refractivity contribution in [1.82, 2.24) is 13.5 Å². The third kappa shape index (κ3) is 3.33. The van der Waals surface area contributed by atoms with Crippen LogP contribution < -0.4 is 0 Å². The zero-order chi connectivity index (χ0) is 14.8. The lowest BCUT2D eigenvalue weighted by atomic mass is 10.0. The summed E-state index contributed by atoms with van der Waals surface area (Å²) in [6, 6.07) is 0. The minimum Gasteiger partial charge on any atom is -0.387 e. The second-order valence-electron chi connectivity index (χ2n) is 5.88. The van der Waals surface area contributed by atoms with Gasteiger partial charge in [0.2, 0.25) is 0 Å². The van der Waals surface area contributed by atoms with Crippen LogP contribution in [-0.2, 0) is 10.2 Å². The second-order valence-corrected chi connectivity index (χ2v) is 7.81. The molecule has 0 spiro atoms. The number of hydrogen-bond donors (Lipinski definition) is 1. The predicted molar refractivity (Wildman–Crippen MR) is 78.7 cm³/mol. The smallest absolute Gasteiger partial charge is 0.282 e. The Morgan fingerprint density at radius 3 is 2.30 bits per heavy atom. The van der Waals surface area contributed by atoms with Gasteiger partial charge in [-0.1, -0.05) is 13.8 Å². The summed E-state index contributed by atoms with van der Waals surface area (Å²) in [5, 5.41) is 10.6. The average Bonchev–Trinajstić information content (AvgIpc) is 3.01. The van der Waals surface area contributed by atoms with Gasteiger partial charge in [-0.2, -0.15) is 17.0 Å². The summed E-state index contributed by atoms with van der Waals surface area (Å²) in [6.45, 7) is 7.90. The van der Waals surface area contributed by atoms with Gasteiger partial charge in [-0.3, -0.25) is 0 Å². The van der Waals surface area contributed by atoms with Crippen LogP contribution in [0, 0.1) is 0 Å². The first kappa shape index (κ1) is 16.2. The molecule has 2 heterocycles. The van der Waals surface area contributed by atoms with Gasteiger partial charge in [-0.25, -0.2) is 0 Å². The first-order chi connectivity index (χ1) is 9.41. The molecule has 20 heavy (non-hydrogen) atoms. The molecule has 1 atom stereocenters. The quantitative estimate of drug-likeness (QED) is 0.756. The SMILES string of the molecule is CCN(CC)S(=O)(=O)N1CCC(O)(CN2CCCC2)C1. The van der Waals surface area contributed by atoms with Crippen molar-refractivity contribution >= 4 is 10.2 Å². The lowest BCUT2D eigenvalue weighted by Gasteiger charge is -2.30. The zero-order valence-electron chi connectivity index (χ0n) is 12.6. The molecule has 2 rings (SSSR count). The molecule has 1 unspecified atom stereocenters. The van der Waals surface area contributed by atoms with Crippen LogP contribution in [0.25, 0.3) is 0 Å². The maximum atomic E-state index is 12.4. The molecule has 2 saturated heterocycles. The van der Waals surface area contributed by atoms with Gasteiger partial charge < -0.3 is 10.0 Å². The number of aliphatic hydroxyl groups is 1. The lowest BCUT2D eigenvalue weighted by Crippen LogP contribution is -2.47. The van der Waals surface area contributed by atoms with E-state index in [1.165, 1.54) is 21.5 Å². The van der Waals surface area contributed by atoms with Crippen molar-refractivity contribution in [3.05, 3.63) is 0 Å². The fourth-order valence-corrected chi connectivity index (χ4v) is 4.92. The van der Waals surface area contributed by atoms with Crippen molar-refractivity contribution in [3.63, 3.8) is 0 Å². The molecule has 2 aliphatic rings. The molecule has 0 saturated carbocycles. The number of nitrogens with zero attached hydrogens (tertiary/aromatic N) is 3. The molecule has 0 aliphatic carbocycles. The molecule has 6 nitrogen and oxygen atoms in total. The molecule has 1 N–H and O–H groups in total. The third-order valence-corrected chi connectivity index (χ3v) is 6.51. The summed E-state index contributed by atoms with van der Waals surface area (Å²) in [4.78, 5) is 2.24. The van der Waals surface area contributed by atoms with Gasteiger partial charge in [0.15, 0.2) is 0 Å². The highest BCUT2D eigenvalue weighted by atomic mass is 32.2. The number of hydrogen-bond acceptors (Lipinski definition) is 4. The monoisotopic (exact) mass is 305 g/mol. The van der Waals surface area contributed by atoms with E-state index in [9.17, 15) is 13.5 Å². The highest BCUT2D eigenvalue weighted by Crippen LogP contribution is 2.27. The molecule has 7 heteroatoms. The van der Waals surface area contributed by atoms with Crippen LogP contribution in [0.1, 0.15) is 33.1 Å². The van der Waals surface area contributed by atoms with E-state index in [2.05, 4.69) is 4.90 Å². The van der Waals surface area contributed by atoms with Gasteiger partial charge >= 0.3 is 0 Å². The number of β-amino-alcohol motifs (C(OH)–C–C–N with tert-alkyl or cyclic N) is 1. The van der Waals surface area contributed by atoms with Crippen LogP contribution in [0.3, 0.4) is 0 Å². The summed E-state index contributed by atoms with van der Waals surface area (Å²) in [6.07, 6.45) is 2.89. The largest absolute Gasteiger partial charge is 0.387 e. The molecule has 0 bridgehead atoms. The van der Waals surface area contributed by atoms with Gasteiger partial charge in [0.05, 0.1) is 5.60 Å². The van der Waals surface area contributed by atoms with E-state index in [4.69, 9.17) is 0 Å². The van der Waals surface area contributed by atoms with E-state index in [0.717, 1.165) is 13.1 Å². The van der Waals surface area contributed by atoms with Crippen LogP contribution in [0.15, 0.2) is 0 Å². The Morgan fingerprint density at radius 1 is 1.15 bits per heavy atom. The Bertz CT molecular complexity index is 419. The van der Waals surface area contributed by atoms with E-state index >= 15 is 0 Å². The zero-order valence-corrected chi connectivity index (χ0v) is 13.4. The van der Waals surface area contributed by atoms with Crippen molar-refractivity contribution in [3.8, 4) is 0 Å². The molecule has 0 aromatic heterocycles. The Labute approximate surface area is 122 Å². The minimum atomic E-state index is -3.42. The van der Waals surface area contributed by atoms with Gasteiger partial charge in [0, 0.05) is 32.7 Å². The Balaban J connectivity index is 2.00. The first-order valence-electron chi connectivity index (χ1n) is 7.61. The Hall–Kier alpha value is -0.210. The molecular weight excluding hydrogens is 278 g/mol. The first-order valence-corrected chi connectivity index (χ1v) is 9.01. The van der Waals surface area contributed by atoms with Gasteiger partial charge in [-0.15, -0.1) is 0 Å². The molecule has 2 fully saturated rings. The van der Waals surface area contributed by atoms with Crippen molar-refractivity contribution in [2.24, 2.45) is 0 Å². The van der Waals surface area contributed by atoms with E-state index < -0.39 is 15.8 Å². The lowest BCUT2D eigenvalue weighted by molar-refractivity contribution is 0.0229. The summed E-state index contributed by atoms with van der Waals surface area (Å²) in [5.74, 6) is 0. The third-order valence-electron chi connectivity index (χ3n) is 4.37. The topological polar surface area (TPSA) is 64.1 Å². The molecule has 0 aromatic rings. The molecule has 0 amide bonds. The minimum absolute atomic E-state index is 0.225. The Kier molecular flexibility index (Phi) is 5.07. The van der Waals surface area contributed by atoms with Gasteiger partial charge in [0.25, 0.3) is 10.2 Å². The van der Waals surface area contributed by atoms with Crippen molar-refractivity contribution in [1.29, 1.82) is 0 Å². The van der Waals surface area contributed by atoms with Crippen molar-refractivity contribution in [2.75, 3.05) is 45.8 Å². The van der Waals surface area contributed by atoms with Crippen LogP contribution in [0.5, 0.6) is 0 Å². The molecule has 118 valence electrons. The van der Waals surface area contributed by atoms with E-state index in [1.807, 2.05) is 13.8 Å². The van der Waals surface area contributed by atoms with Gasteiger partial charge in [-0.05, 0) is 32.4 Å². The highest BCUT2D eigenvalue weighted by molar-refractivity contribution is 7.86. The second kappa shape index (κ2) is 6.27. The number of likely N-dealkylation sites (tertiary alicyclic amines) is 1. The summed E-state index contributed by atoms with van der Waals surface area (Å²) in [5.41, 5.74) is -0.884. The van der Waals surface area contributed by atoms with E-state index in [1.54, 1.807) is 0 Å². The molecular formula is C13H27N3O3S. The van der Waals surface area contributed by atoms with Gasteiger partial charge in [0.1, 0.15) is 0 Å². The standard InChI is InChI=1S/C13H27N3O3S/c1-3-15(4-2)20(18,19)16-10-7-13(17,12-16)11-14-8-5-6-9-14/h17H,3-12H2,1-2H3. The fourth-order valence-electron chi connectivity index (χ4n) is 3.22. The summed E-state index contributed by atoms with van der Waals surface area (Å²) >= 11 is 0. The van der Waals surface area contributed by atoms with Crippen LogP contribution in [-0.4, -0.2) is 78.4 Å². The normalized spacial score (nSPS) is 29.6. The summed E-state index contributed by atoms with van der Waals surface area (Å²) in [7, 11) is -3.42. The maximum absolute atomic E-state index is 12.4. The highest BCUT2D eigenvalue weighted by Gasteiger charge is 2.43. The predicted octanol–water partition coefficient (Wildman–Crippen LogP) is 0.106. The van der Waals surface area contributed by atoms with Crippen molar-refractivity contribution in [2.45, 2.75) is 38.7 Å². The van der Waals surface area contributed by atoms with Crippen LogP contribution in [0.2, 0.25) is 0 Å². The fraction of sp³-hybridized carbons (Fsp3) is 1.00. The van der Waals surface area contributed by atoms with Crippen LogP contribution >= 0.6 is 0 Å². The molecule has 0 aromatic carbocycles. The van der Waals surface area contributed by atoms with Crippen molar-refractivity contribution < 1.29 is 13.5 Å². The molecule has 2 aliphatic heterocycles. The van der Waals surface area contributed by atoms with E-state index in [-0.39, 0.29) is 6.54 Å². The Morgan fingerprint density at radius 2 is 1.75 bits per heavy atom. The maximum Gasteiger partial charge on any atom is 0.282 e. The van der Waals surface area contributed by atoms with Crippen LogP contribution in [0.4, 0.5) is 0 Å².